The van der Waals surface area contributed by atoms with Crippen molar-refractivity contribution in [2.24, 2.45) is 0 Å². The molecular formula is C17H16Cl2F2N2O2S. The number of rotatable bonds is 4. The lowest BCUT2D eigenvalue weighted by molar-refractivity contribution is 0.179. The van der Waals surface area contributed by atoms with Crippen LogP contribution < -0.4 is 0 Å². The molecule has 0 saturated carbocycles. The Hall–Kier alpha value is -1.25. The van der Waals surface area contributed by atoms with E-state index < -0.39 is 21.7 Å². The minimum atomic E-state index is -3.77. The van der Waals surface area contributed by atoms with Crippen molar-refractivity contribution in [1.29, 1.82) is 0 Å². The summed E-state index contributed by atoms with van der Waals surface area (Å²) in [5.41, 5.74) is 0.249. The van der Waals surface area contributed by atoms with Crippen LogP contribution in [0.3, 0.4) is 0 Å². The smallest absolute Gasteiger partial charge is 0.244 e. The number of halogens is 4. The molecule has 1 aliphatic heterocycles. The van der Waals surface area contributed by atoms with Gasteiger partial charge in [-0.25, -0.2) is 17.2 Å². The Morgan fingerprint density at radius 2 is 1.69 bits per heavy atom. The minimum absolute atomic E-state index is 0.0312. The maximum Gasteiger partial charge on any atom is 0.244 e. The Bertz CT molecular complexity index is 917. The summed E-state index contributed by atoms with van der Waals surface area (Å²) in [5.74, 6) is -1.76. The molecule has 0 bridgehead atoms. The first-order chi connectivity index (χ1) is 12.3. The molecule has 1 saturated heterocycles. The van der Waals surface area contributed by atoms with Crippen LogP contribution in [0.5, 0.6) is 0 Å². The van der Waals surface area contributed by atoms with Gasteiger partial charge >= 0.3 is 0 Å². The molecule has 3 rings (SSSR count). The molecule has 1 fully saturated rings. The van der Waals surface area contributed by atoms with Gasteiger partial charge in [-0.2, -0.15) is 4.31 Å². The van der Waals surface area contributed by atoms with E-state index in [0.29, 0.717) is 13.1 Å². The number of hydrogen-bond acceptors (Lipinski definition) is 3. The zero-order chi connectivity index (χ0) is 18.9. The van der Waals surface area contributed by atoms with Gasteiger partial charge in [0.15, 0.2) is 11.6 Å². The van der Waals surface area contributed by atoms with E-state index in [1.54, 1.807) is 0 Å². The summed E-state index contributed by atoms with van der Waals surface area (Å²) in [4.78, 5) is 1.85. The molecule has 0 spiro atoms. The molecule has 26 heavy (non-hydrogen) atoms. The van der Waals surface area contributed by atoms with E-state index in [1.807, 2.05) is 4.90 Å². The maximum absolute atomic E-state index is 13.8. The van der Waals surface area contributed by atoms with Crippen molar-refractivity contribution in [3.63, 3.8) is 0 Å². The average molecular weight is 421 g/mol. The zero-order valence-electron chi connectivity index (χ0n) is 13.6. The molecule has 0 unspecified atom stereocenters. The summed E-state index contributed by atoms with van der Waals surface area (Å²) in [7, 11) is -3.77. The first-order valence-electron chi connectivity index (χ1n) is 7.89. The summed E-state index contributed by atoms with van der Waals surface area (Å²) in [5, 5.41) is 0.395. The fourth-order valence-corrected chi connectivity index (χ4v) is 5.01. The van der Waals surface area contributed by atoms with Gasteiger partial charge in [-0.1, -0.05) is 35.3 Å². The van der Waals surface area contributed by atoms with E-state index in [1.165, 1.54) is 34.6 Å². The van der Waals surface area contributed by atoms with Crippen LogP contribution in [0, 0.1) is 11.6 Å². The van der Waals surface area contributed by atoms with E-state index in [-0.39, 0.29) is 40.1 Å². The van der Waals surface area contributed by atoms with Gasteiger partial charge in [0.1, 0.15) is 4.90 Å². The highest BCUT2D eigenvalue weighted by Gasteiger charge is 2.30. The van der Waals surface area contributed by atoms with Crippen LogP contribution >= 0.6 is 23.2 Å². The van der Waals surface area contributed by atoms with E-state index in [4.69, 9.17) is 23.2 Å². The molecule has 0 atom stereocenters. The third-order valence-electron chi connectivity index (χ3n) is 4.27. The van der Waals surface area contributed by atoms with Gasteiger partial charge in [0.2, 0.25) is 10.0 Å². The van der Waals surface area contributed by atoms with Crippen LogP contribution in [0.2, 0.25) is 10.0 Å². The largest absolute Gasteiger partial charge is 0.296 e. The number of nitrogens with zero attached hydrogens (tertiary/aromatic N) is 2. The molecule has 2 aromatic carbocycles. The van der Waals surface area contributed by atoms with E-state index >= 15 is 0 Å². The molecule has 0 radical (unpaired) electrons. The summed E-state index contributed by atoms with van der Waals surface area (Å²) >= 11 is 11.9. The fourth-order valence-electron chi connectivity index (χ4n) is 2.85. The molecule has 1 aliphatic rings. The molecule has 0 aromatic heterocycles. The highest BCUT2D eigenvalue weighted by molar-refractivity contribution is 7.89. The molecule has 4 nitrogen and oxygen atoms in total. The van der Waals surface area contributed by atoms with Crippen LogP contribution in [-0.2, 0) is 16.6 Å². The lowest BCUT2D eigenvalue weighted by atomic mass is 10.2. The van der Waals surface area contributed by atoms with Crippen molar-refractivity contribution in [1.82, 2.24) is 9.21 Å². The first kappa shape index (κ1) is 19.5. The van der Waals surface area contributed by atoms with E-state index in [0.717, 1.165) is 6.07 Å². The van der Waals surface area contributed by atoms with Gasteiger partial charge < -0.3 is 0 Å². The second-order valence-corrected chi connectivity index (χ2v) is 8.72. The molecule has 0 aliphatic carbocycles. The quantitative estimate of drug-likeness (QED) is 0.755. The van der Waals surface area contributed by atoms with Gasteiger partial charge in [0, 0.05) is 43.3 Å². The topological polar surface area (TPSA) is 40.6 Å². The van der Waals surface area contributed by atoms with Crippen LogP contribution in [0.15, 0.2) is 41.3 Å². The van der Waals surface area contributed by atoms with Crippen LogP contribution in [0.1, 0.15) is 5.56 Å². The third kappa shape index (κ3) is 4.02. The van der Waals surface area contributed by atoms with Crippen molar-refractivity contribution in [3.8, 4) is 0 Å². The lowest BCUT2D eigenvalue weighted by Crippen LogP contribution is -2.48. The van der Waals surface area contributed by atoms with Crippen molar-refractivity contribution < 1.29 is 17.2 Å². The maximum atomic E-state index is 13.8. The van der Waals surface area contributed by atoms with Gasteiger partial charge in [-0.15, -0.1) is 0 Å². The SMILES string of the molecule is O=S(=O)(c1cc(Cl)ccc1Cl)N1CCN(Cc2cccc(F)c2F)CC1. The molecule has 0 amide bonds. The zero-order valence-corrected chi connectivity index (χ0v) is 16.0. The number of piperazine rings is 1. The predicted molar refractivity (Wildman–Crippen MR) is 96.9 cm³/mol. The Morgan fingerprint density at radius 1 is 1.00 bits per heavy atom. The van der Waals surface area contributed by atoms with Crippen LogP contribution in [0.25, 0.3) is 0 Å². The minimum Gasteiger partial charge on any atom is -0.296 e. The van der Waals surface area contributed by atoms with Gasteiger partial charge in [-0.05, 0) is 24.3 Å². The van der Waals surface area contributed by atoms with Crippen LogP contribution in [-0.4, -0.2) is 43.8 Å². The van der Waals surface area contributed by atoms with Gasteiger partial charge in [0.25, 0.3) is 0 Å². The lowest BCUT2D eigenvalue weighted by Gasteiger charge is -2.34. The average Bonchev–Trinajstić information content (AvgIpc) is 2.61. The second kappa shape index (κ2) is 7.78. The Balaban J connectivity index is 1.70. The van der Waals surface area contributed by atoms with Crippen molar-refractivity contribution in [2.45, 2.75) is 11.4 Å². The molecule has 140 valence electrons. The van der Waals surface area contributed by atoms with E-state index in [2.05, 4.69) is 0 Å². The molecule has 0 N–H and O–H groups in total. The highest BCUT2D eigenvalue weighted by Crippen LogP contribution is 2.28. The molecule has 9 heteroatoms. The highest BCUT2D eigenvalue weighted by atomic mass is 35.5. The van der Waals surface area contributed by atoms with Crippen molar-refractivity contribution in [3.05, 3.63) is 63.6 Å². The standard InChI is InChI=1S/C17H16Cl2F2N2O2S/c18-13-4-5-14(19)16(10-13)26(24,25)23-8-6-22(7-9-23)11-12-2-1-3-15(20)17(12)21/h1-5,10H,6-9,11H2. The summed E-state index contributed by atoms with van der Waals surface area (Å²) in [6, 6.07) is 8.34. The third-order valence-corrected chi connectivity index (χ3v) is 6.88. The Kier molecular flexibility index (Phi) is 5.84. The van der Waals surface area contributed by atoms with Gasteiger partial charge in [-0.3, -0.25) is 4.90 Å². The second-order valence-electron chi connectivity index (χ2n) is 5.97. The Labute approximate surface area is 161 Å². The molecule has 2 aromatic rings. The number of sulfonamides is 1. The van der Waals surface area contributed by atoms with Crippen molar-refractivity contribution >= 4 is 33.2 Å². The normalized spacial score (nSPS) is 16.8. The van der Waals surface area contributed by atoms with Crippen molar-refractivity contribution in [2.75, 3.05) is 26.2 Å². The molecular weight excluding hydrogens is 405 g/mol. The van der Waals surface area contributed by atoms with Gasteiger partial charge in [0.05, 0.1) is 5.02 Å². The summed E-state index contributed by atoms with van der Waals surface area (Å²) < 4.78 is 54.0. The number of benzene rings is 2. The number of hydrogen-bond donors (Lipinski definition) is 0. The fraction of sp³-hybridized carbons (Fsp3) is 0.294. The molecule has 1 heterocycles. The predicted octanol–water partition coefficient (Wildman–Crippen LogP) is 3.78. The Morgan fingerprint density at radius 3 is 2.38 bits per heavy atom. The monoisotopic (exact) mass is 420 g/mol. The first-order valence-corrected chi connectivity index (χ1v) is 10.1. The summed E-state index contributed by atoms with van der Waals surface area (Å²) in [6.45, 7) is 1.46. The van der Waals surface area contributed by atoms with Crippen LogP contribution in [0.4, 0.5) is 8.78 Å². The van der Waals surface area contributed by atoms with E-state index in [9.17, 15) is 17.2 Å². The summed E-state index contributed by atoms with van der Waals surface area (Å²) in [6.07, 6.45) is 0.